The number of fused-ring (bicyclic) bond motifs is 1. The molecule has 1 saturated heterocycles. The van der Waals surface area contributed by atoms with Crippen molar-refractivity contribution in [3.05, 3.63) is 62.6 Å². The van der Waals surface area contributed by atoms with Crippen molar-refractivity contribution in [2.24, 2.45) is 0 Å². The minimum Gasteiger partial charge on any atom is -0.340 e. The number of nitrogens with one attached hydrogen (secondary N) is 1. The zero-order valence-corrected chi connectivity index (χ0v) is 18.7. The molecule has 9 nitrogen and oxygen atoms in total. The summed E-state index contributed by atoms with van der Waals surface area (Å²) in [5, 5.41) is 0. The van der Waals surface area contributed by atoms with E-state index < -0.39 is 11.2 Å². The van der Waals surface area contributed by atoms with Gasteiger partial charge in [0.1, 0.15) is 5.82 Å². The van der Waals surface area contributed by atoms with Crippen molar-refractivity contribution in [3.8, 4) is 0 Å². The van der Waals surface area contributed by atoms with Gasteiger partial charge >= 0.3 is 5.69 Å². The summed E-state index contributed by atoms with van der Waals surface area (Å²) < 4.78 is 3.52. The Bertz CT molecular complexity index is 1200. The number of aryl methyl sites for hydroxylation is 1. The van der Waals surface area contributed by atoms with Gasteiger partial charge in [-0.2, -0.15) is 0 Å². The van der Waals surface area contributed by atoms with E-state index in [4.69, 9.17) is 4.98 Å². The zero-order valence-electron chi connectivity index (χ0n) is 18.7. The third-order valence-corrected chi connectivity index (χ3v) is 6.07. The number of unbranched alkanes of at least 4 members (excludes halogenated alkanes) is 1. The van der Waals surface area contributed by atoms with Gasteiger partial charge in [0.05, 0.1) is 13.1 Å². The number of benzene rings is 1. The summed E-state index contributed by atoms with van der Waals surface area (Å²) in [7, 11) is 0. The molecule has 1 amide bonds. The molecule has 32 heavy (non-hydrogen) atoms. The van der Waals surface area contributed by atoms with E-state index in [1.807, 2.05) is 39.8 Å². The number of carbonyl (C=O) groups excluding carboxylic acids is 1. The number of rotatable bonds is 7. The molecule has 1 aliphatic heterocycles. The standard InChI is InChI=1S/C23H30N6O3/c1-3-4-10-28-19(16-26-11-13-27(14-12-26)17(2)30)24-21-20(28)22(31)25-23(32)29(21)15-18-8-6-5-7-9-18/h5-9H,3-4,10-16H2,1-2H3,(H,25,31,32). The van der Waals surface area contributed by atoms with Crippen LogP contribution in [0.15, 0.2) is 39.9 Å². The lowest BCUT2D eigenvalue weighted by molar-refractivity contribution is -0.130. The summed E-state index contributed by atoms with van der Waals surface area (Å²) in [6.07, 6.45) is 1.89. The number of aromatic nitrogens is 4. The maximum absolute atomic E-state index is 12.8. The topological polar surface area (TPSA) is 96.2 Å². The molecule has 1 fully saturated rings. The molecule has 0 saturated carbocycles. The summed E-state index contributed by atoms with van der Waals surface area (Å²) >= 11 is 0. The highest BCUT2D eigenvalue weighted by molar-refractivity contribution is 5.73. The van der Waals surface area contributed by atoms with Crippen LogP contribution in [0.3, 0.4) is 0 Å². The molecular formula is C23H30N6O3. The van der Waals surface area contributed by atoms with Crippen LogP contribution in [-0.2, 0) is 24.4 Å². The lowest BCUT2D eigenvalue weighted by Crippen LogP contribution is -2.47. The summed E-state index contributed by atoms with van der Waals surface area (Å²) in [6, 6.07) is 9.68. The minimum atomic E-state index is -0.451. The molecule has 1 aromatic carbocycles. The zero-order chi connectivity index (χ0) is 22.7. The van der Waals surface area contributed by atoms with Gasteiger partial charge in [-0.25, -0.2) is 9.78 Å². The lowest BCUT2D eigenvalue weighted by Gasteiger charge is -2.33. The van der Waals surface area contributed by atoms with Crippen molar-refractivity contribution in [1.82, 2.24) is 28.9 Å². The quantitative estimate of drug-likeness (QED) is 0.602. The number of piperazine rings is 1. The normalized spacial score (nSPS) is 14.9. The minimum absolute atomic E-state index is 0.0938. The van der Waals surface area contributed by atoms with E-state index in [2.05, 4.69) is 16.8 Å². The van der Waals surface area contributed by atoms with E-state index in [1.54, 1.807) is 11.5 Å². The van der Waals surface area contributed by atoms with E-state index in [0.29, 0.717) is 43.9 Å². The number of hydrogen-bond acceptors (Lipinski definition) is 5. The molecule has 2 aromatic heterocycles. The van der Waals surface area contributed by atoms with Crippen molar-refractivity contribution < 1.29 is 4.79 Å². The largest absolute Gasteiger partial charge is 0.340 e. The first-order valence-electron chi connectivity index (χ1n) is 11.2. The van der Waals surface area contributed by atoms with Gasteiger partial charge < -0.3 is 9.47 Å². The van der Waals surface area contributed by atoms with Crippen LogP contribution in [0.25, 0.3) is 11.2 Å². The predicted molar refractivity (Wildman–Crippen MR) is 123 cm³/mol. The molecule has 3 heterocycles. The van der Waals surface area contributed by atoms with Crippen LogP contribution in [-0.4, -0.2) is 61.0 Å². The van der Waals surface area contributed by atoms with E-state index in [-0.39, 0.29) is 5.91 Å². The van der Waals surface area contributed by atoms with E-state index in [0.717, 1.165) is 37.3 Å². The molecule has 0 spiro atoms. The number of aromatic amines is 1. The predicted octanol–water partition coefficient (Wildman–Crippen LogP) is 1.40. The molecular weight excluding hydrogens is 408 g/mol. The van der Waals surface area contributed by atoms with Crippen molar-refractivity contribution in [2.75, 3.05) is 26.2 Å². The highest BCUT2D eigenvalue weighted by Crippen LogP contribution is 2.17. The molecule has 0 radical (unpaired) electrons. The van der Waals surface area contributed by atoms with Gasteiger partial charge in [-0.05, 0) is 12.0 Å². The number of hydrogen-bond donors (Lipinski definition) is 1. The van der Waals surface area contributed by atoms with Crippen molar-refractivity contribution >= 4 is 17.1 Å². The van der Waals surface area contributed by atoms with Crippen LogP contribution in [0.4, 0.5) is 0 Å². The number of H-pyrrole nitrogens is 1. The van der Waals surface area contributed by atoms with Crippen LogP contribution in [0.5, 0.6) is 0 Å². The summed E-state index contributed by atoms with van der Waals surface area (Å²) in [6.45, 7) is 8.16. The summed E-state index contributed by atoms with van der Waals surface area (Å²) in [5.41, 5.74) is 0.995. The summed E-state index contributed by atoms with van der Waals surface area (Å²) in [4.78, 5) is 48.5. The average Bonchev–Trinajstić information content (AvgIpc) is 3.14. The molecule has 170 valence electrons. The second kappa shape index (κ2) is 9.52. The fraction of sp³-hybridized carbons (Fsp3) is 0.478. The third-order valence-electron chi connectivity index (χ3n) is 6.07. The molecule has 1 aliphatic rings. The van der Waals surface area contributed by atoms with Gasteiger partial charge in [0.25, 0.3) is 5.56 Å². The Morgan fingerprint density at radius 2 is 1.75 bits per heavy atom. The van der Waals surface area contributed by atoms with E-state index in [9.17, 15) is 14.4 Å². The Kier molecular flexibility index (Phi) is 6.55. The molecule has 4 rings (SSSR count). The third kappa shape index (κ3) is 4.52. The van der Waals surface area contributed by atoms with E-state index in [1.165, 1.54) is 0 Å². The number of amides is 1. The van der Waals surface area contributed by atoms with Gasteiger partial charge in [-0.15, -0.1) is 0 Å². The van der Waals surface area contributed by atoms with Crippen LogP contribution >= 0.6 is 0 Å². The Hall–Kier alpha value is -3.20. The van der Waals surface area contributed by atoms with Crippen molar-refractivity contribution in [3.63, 3.8) is 0 Å². The monoisotopic (exact) mass is 438 g/mol. The highest BCUT2D eigenvalue weighted by Gasteiger charge is 2.23. The fourth-order valence-electron chi connectivity index (χ4n) is 4.23. The molecule has 0 unspecified atom stereocenters. The Morgan fingerprint density at radius 1 is 1.03 bits per heavy atom. The van der Waals surface area contributed by atoms with Crippen LogP contribution in [0.2, 0.25) is 0 Å². The molecule has 0 atom stereocenters. The Balaban J connectivity index is 1.73. The molecule has 9 heteroatoms. The van der Waals surface area contributed by atoms with Crippen LogP contribution in [0.1, 0.15) is 38.1 Å². The molecule has 3 aromatic rings. The van der Waals surface area contributed by atoms with Crippen LogP contribution < -0.4 is 11.2 Å². The number of carbonyl (C=O) groups is 1. The first-order valence-corrected chi connectivity index (χ1v) is 11.2. The lowest BCUT2D eigenvalue weighted by atomic mass is 10.2. The molecule has 0 bridgehead atoms. The molecule has 0 aliphatic carbocycles. The molecule has 1 N–H and O–H groups in total. The van der Waals surface area contributed by atoms with Crippen molar-refractivity contribution in [1.29, 1.82) is 0 Å². The first kappa shape index (κ1) is 22.0. The van der Waals surface area contributed by atoms with Gasteiger partial charge in [-0.1, -0.05) is 43.7 Å². The van der Waals surface area contributed by atoms with Gasteiger partial charge in [0, 0.05) is 39.6 Å². The second-order valence-electron chi connectivity index (χ2n) is 8.32. The van der Waals surface area contributed by atoms with Crippen molar-refractivity contribution in [2.45, 2.75) is 46.3 Å². The highest BCUT2D eigenvalue weighted by atomic mass is 16.2. The summed E-state index contributed by atoms with van der Waals surface area (Å²) in [5.74, 6) is 0.874. The van der Waals surface area contributed by atoms with Crippen LogP contribution in [0, 0.1) is 0 Å². The van der Waals surface area contributed by atoms with Gasteiger partial charge in [0.15, 0.2) is 11.2 Å². The first-order chi connectivity index (χ1) is 15.5. The maximum atomic E-state index is 12.8. The average molecular weight is 439 g/mol. The number of imidazole rings is 1. The SMILES string of the molecule is CCCCn1c(CN2CCN(C(C)=O)CC2)nc2c1c(=O)[nH]c(=O)n2Cc1ccccc1. The second-order valence-corrected chi connectivity index (χ2v) is 8.32. The smallest absolute Gasteiger partial charge is 0.330 e. The van der Waals surface area contributed by atoms with E-state index >= 15 is 0 Å². The Morgan fingerprint density at radius 3 is 2.41 bits per heavy atom. The van der Waals surface area contributed by atoms with Gasteiger partial charge in [-0.3, -0.25) is 24.0 Å². The number of nitrogens with zero attached hydrogens (tertiary/aromatic N) is 5. The Labute approximate surface area is 186 Å². The maximum Gasteiger partial charge on any atom is 0.330 e. The fourth-order valence-corrected chi connectivity index (χ4v) is 4.23. The van der Waals surface area contributed by atoms with Gasteiger partial charge in [0.2, 0.25) is 5.91 Å².